The number of hydrogen-bond donors (Lipinski definition) is 3. The summed E-state index contributed by atoms with van der Waals surface area (Å²) in [6.45, 7) is 3.21. The van der Waals surface area contributed by atoms with Gasteiger partial charge in [-0.15, -0.1) is 0 Å². The Morgan fingerprint density at radius 1 is 1.55 bits per heavy atom. The van der Waals surface area contributed by atoms with Crippen LogP contribution in [-0.2, 0) is 4.79 Å². The average Bonchev–Trinajstić information content (AvgIpc) is 2.81. The average molecular weight is 279 g/mol. The van der Waals surface area contributed by atoms with Gasteiger partial charge in [0.1, 0.15) is 5.82 Å². The maximum atomic E-state index is 11.2. The molecule has 3 N–H and O–H groups in total. The molecule has 0 aliphatic carbocycles. The molecule has 8 nitrogen and oxygen atoms in total. The first-order valence-electron chi connectivity index (χ1n) is 6.52. The van der Waals surface area contributed by atoms with E-state index in [0.29, 0.717) is 18.8 Å². The fourth-order valence-electron chi connectivity index (χ4n) is 1.96. The molecule has 20 heavy (non-hydrogen) atoms. The van der Waals surface area contributed by atoms with E-state index in [1.807, 2.05) is 6.92 Å². The lowest BCUT2D eigenvalue weighted by Crippen LogP contribution is -2.23. The number of nitrogens with zero attached hydrogens (tertiary/aromatic N) is 2. The van der Waals surface area contributed by atoms with Gasteiger partial charge in [-0.3, -0.25) is 14.9 Å². The van der Waals surface area contributed by atoms with Crippen molar-refractivity contribution in [2.24, 2.45) is 0 Å². The Morgan fingerprint density at radius 3 is 2.95 bits per heavy atom. The van der Waals surface area contributed by atoms with Crippen molar-refractivity contribution in [1.29, 1.82) is 0 Å². The Hall–Kier alpha value is -2.38. The second kappa shape index (κ2) is 6.18. The van der Waals surface area contributed by atoms with E-state index in [0.717, 1.165) is 13.0 Å². The van der Waals surface area contributed by atoms with Crippen LogP contribution in [0.4, 0.5) is 17.3 Å². The standard InChI is InChI=1S/C12H17N5O3/c1-2-5-13-10-4-3-9(17(19)20)12(16-10)15-8-6-11(18)14-7-8/h3-4,8H,2,5-7H2,1H3,(H,14,18)(H2,13,15,16). The van der Waals surface area contributed by atoms with Crippen LogP contribution in [0, 0.1) is 10.1 Å². The molecule has 1 atom stereocenters. The summed E-state index contributed by atoms with van der Waals surface area (Å²) < 4.78 is 0. The number of nitrogens with one attached hydrogen (secondary N) is 3. The topological polar surface area (TPSA) is 109 Å². The lowest BCUT2D eigenvalue weighted by Gasteiger charge is -2.12. The van der Waals surface area contributed by atoms with Gasteiger partial charge < -0.3 is 16.0 Å². The number of hydrogen-bond acceptors (Lipinski definition) is 6. The van der Waals surface area contributed by atoms with Crippen LogP contribution in [0.5, 0.6) is 0 Å². The predicted molar refractivity (Wildman–Crippen MR) is 74.7 cm³/mol. The quantitative estimate of drug-likeness (QED) is 0.531. The zero-order chi connectivity index (χ0) is 14.5. The van der Waals surface area contributed by atoms with Gasteiger partial charge in [-0.2, -0.15) is 0 Å². The summed E-state index contributed by atoms with van der Waals surface area (Å²) in [7, 11) is 0. The predicted octanol–water partition coefficient (Wildman–Crippen LogP) is 1.11. The molecule has 0 bridgehead atoms. The first kappa shape index (κ1) is 14.0. The van der Waals surface area contributed by atoms with Crippen molar-refractivity contribution in [2.45, 2.75) is 25.8 Å². The number of amides is 1. The number of rotatable bonds is 6. The summed E-state index contributed by atoms with van der Waals surface area (Å²) >= 11 is 0. The van der Waals surface area contributed by atoms with Crippen LogP contribution in [-0.4, -0.2) is 34.9 Å². The van der Waals surface area contributed by atoms with Crippen LogP contribution >= 0.6 is 0 Å². The lowest BCUT2D eigenvalue weighted by molar-refractivity contribution is -0.384. The van der Waals surface area contributed by atoms with Gasteiger partial charge in [-0.25, -0.2) is 4.98 Å². The van der Waals surface area contributed by atoms with E-state index < -0.39 is 4.92 Å². The zero-order valence-corrected chi connectivity index (χ0v) is 11.2. The lowest BCUT2D eigenvalue weighted by atomic mass is 10.2. The molecule has 1 aliphatic heterocycles. The van der Waals surface area contributed by atoms with Gasteiger partial charge >= 0.3 is 5.69 Å². The van der Waals surface area contributed by atoms with Gasteiger partial charge in [-0.1, -0.05) is 6.92 Å². The third-order valence-electron chi connectivity index (χ3n) is 2.95. The number of pyridine rings is 1. The number of nitro groups is 1. The van der Waals surface area contributed by atoms with Crippen LogP contribution in [0.15, 0.2) is 12.1 Å². The van der Waals surface area contributed by atoms with Crippen LogP contribution in [0.3, 0.4) is 0 Å². The fraction of sp³-hybridized carbons (Fsp3) is 0.500. The van der Waals surface area contributed by atoms with E-state index in [-0.39, 0.29) is 23.5 Å². The van der Waals surface area contributed by atoms with Crippen LogP contribution in [0.1, 0.15) is 19.8 Å². The van der Waals surface area contributed by atoms with Crippen molar-refractivity contribution in [3.8, 4) is 0 Å². The molecule has 0 aromatic carbocycles. The largest absolute Gasteiger partial charge is 0.370 e. The van der Waals surface area contributed by atoms with Gasteiger partial charge in [0, 0.05) is 25.6 Å². The van der Waals surface area contributed by atoms with Crippen LogP contribution < -0.4 is 16.0 Å². The minimum absolute atomic E-state index is 0.0644. The molecule has 1 aromatic rings. The van der Waals surface area contributed by atoms with Gasteiger partial charge in [-0.05, 0) is 12.5 Å². The molecule has 8 heteroatoms. The zero-order valence-electron chi connectivity index (χ0n) is 11.2. The van der Waals surface area contributed by atoms with Crippen molar-refractivity contribution in [1.82, 2.24) is 10.3 Å². The van der Waals surface area contributed by atoms with Crippen molar-refractivity contribution in [3.05, 3.63) is 22.2 Å². The van der Waals surface area contributed by atoms with Gasteiger partial charge in [0.15, 0.2) is 0 Å². The van der Waals surface area contributed by atoms with E-state index >= 15 is 0 Å². The SMILES string of the molecule is CCCNc1ccc([N+](=O)[O-])c(NC2CNC(=O)C2)n1. The van der Waals surface area contributed by atoms with Gasteiger partial charge in [0.2, 0.25) is 11.7 Å². The monoisotopic (exact) mass is 279 g/mol. The second-order valence-electron chi connectivity index (χ2n) is 4.60. The van der Waals surface area contributed by atoms with Crippen molar-refractivity contribution in [3.63, 3.8) is 0 Å². The molecule has 0 spiro atoms. The van der Waals surface area contributed by atoms with E-state index in [1.54, 1.807) is 6.07 Å². The fourth-order valence-corrected chi connectivity index (χ4v) is 1.96. The highest BCUT2D eigenvalue weighted by Crippen LogP contribution is 2.25. The molecular weight excluding hydrogens is 262 g/mol. The normalized spacial score (nSPS) is 17.6. The molecule has 2 heterocycles. The van der Waals surface area contributed by atoms with E-state index in [9.17, 15) is 14.9 Å². The molecule has 1 aliphatic rings. The van der Waals surface area contributed by atoms with E-state index in [4.69, 9.17) is 0 Å². The molecule has 0 radical (unpaired) electrons. The third kappa shape index (κ3) is 3.34. The maximum Gasteiger partial charge on any atom is 0.311 e. The van der Waals surface area contributed by atoms with Gasteiger partial charge in [0.05, 0.1) is 11.0 Å². The summed E-state index contributed by atoms with van der Waals surface area (Å²) in [4.78, 5) is 25.9. The molecule has 108 valence electrons. The highest BCUT2D eigenvalue weighted by Gasteiger charge is 2.25. The minimum atomic E-state index is -0.483. The first-order chi connectivity index (χ1) is 9.60. The summed E-state index contributed by atoms with van der Waals surface area (Å²) in [5.74, 6) is 0.709. The summed E-state index contributed by atoms with van der Waals surface area (Å²) in [6.07, 6.45) is 1.23. The summed E-state index contributed by atoms with van der Waals surface area (Å²) in [5, 5.41) is 19.7. The van der Waals surface area contributed by atoms with Crippen molar-refractivity contribution in [2.75, 3.05) is 23.7 Å². The Labute approximate surface area is 116 Å². The maximum absolute atomic E-state index is 11.2. The number of aromatic nitrogens is 1. The molecule has 1 aromatic heterocycles. The Balaban J connectivity index is 2.17. The third-order valence-corrected chi connectivity index (χ3v) is 2.95. The number of anilines is 2. The molecule has 1 amide bonds. The Kier molecular flexibility index (Phi) is 4.34. The molecule has 1 saturated heterocycles. The highest BCUT2D eigenvalue weighted by molar-refractivity contribution is 5.80. The minimum Gasteiger partial charge on any atom is -0.370 e. The summed E-state index contributed by atoms with van der Waals surface area (Å²) in [6, 6.07) is 2.82. The van der Waals surface area contributed by atoms with E-state index in [1.165, 1.54) is 6.07 Å². The molecule has 2 rings (SSSR count). The van der Waals surface area contributed by atoms with E-state index in [2.05, 4.69) is 20.9 Å². The molecule has 0 saturated carbocycles. The van der Waals surface area contributed by atoms with Crippen molar-refractivity contribution < 1.29 is 9.72 Å². The van der Waals surface area contributed by atoms with Crippen LogP contribution in [0.25, 0.3) is 0 Å². The Bertz CT molecular complexity index is 520. The summed E-state index contributed by atoms with van der Waals surface area (Å²) in [5.41, 5.74) is -0.0913. The molecule has 1 fully saturated rings. The molecular formula is C12H17N5O3. The Morgan fingerprint density at radius 2 is 2.35 bits per heavy atom. The second-order valence-corrected chi connectivity index (χ2v) is 4.60. The van der Waals surface area contributed by atoms with Gasteiger partial charge in [0.25, 0.3) is 0 Å². The smallest absolute Gasteiger partial charge is 0.311 e. The highest BCUT2D eigenvalue weighted by atomic mass is 16.6. The van der Waals surface area contributed by atoms with Crippen molar-refractivity contribution >= 4 is 23.2 Å². The first-order valence-corrected chi connectivity index (χ1v) is 6.52. The number of carbonyl (C=O) groups excluding carboxylic acids is 1. The number of carbonyl (C=O) groups is 1. The molecule has 1 unspecified atom stereocenters. The van der Waals surface area contributed by atoms with Crippen LogP contribution in [0.2, 0.25) is 0 Å².